The predicted octanol–water partition coefficient (Wildman–Crippen LogP) is 2.55. The van der Waals surface area contributed by atoms with E-state index >= 15 is 0 Å². The van der Waals surface area contributed by atoms with Crippen LogP contribution < -0.4 is 4.74 Å². The first kappa shape index (κ1) is 8.69. The Morgan fingerprint density at radius 3 is 3.00 bits per heavy atom. The third-order valence-electron chi connectivity index (χ3n) is 1.88. The molecular weight excluding hydrogens is 239 g/mol. The van der Waals surface area contributed by atoms with Gasteiger partial charge in [-0.2, -0.15) is 0 Å². The normalized spacial score (nSPS) is 15.1. The molecule has 1 aromatic rings. The van der Waals surface area contributed by atoms with Gasteiger partial charge in [-0.3, -0.25) is 4.79 Å². The molecule has 68 valence electrons. The minimum Gasteiger partial charge on any atom is -0.491 e. The van der Waals surface area contributed by atoms with Gasteiger partial charge in [0.2, 0.25) is 0 Å². The van der Waals surface area contributed by atoms with Gasteiger partial charge in [0.25, 0.3) is 0 Å². The molecule has 0 fully saturated rings. The number of halogens is 2. The number of carbonyl (C=O) groups is 1. The van der Waals surface area contributed by atoms with Gasteiger partial charge in [0.15, 0.2) is 5.78 Å². The molecular formula is C9H6BrFO2. The number of fused-ring (bicyclic) bond motifs is 1. The first-order valence-electron chi connectivity index (χ1n) is 3.83. The largest absolute Gasteiger partial charge is 0.491 e. The lowest BCUT2D eigenvalue weighted by Crippen LogP contribution is -2.15. The minimum absolute atomic E-state index is 0.0681. The SMILES string of the molecule is O=C1CCOc2c(Br)cc(F)cc21. The molecule has 13 heavy (non-hydrogen) atoms. The van der Waals surface area contributed by atoms with Crippen molar-refractivity contribution in [1.29, 1.82) is 0 Å². The fourth-order valence-electron chi connectivity index (χ4n) is 1.29. The van der Waals surface area contributed by atoms with Crippen molar-refractivity contribution < 1.29 is 13.9 Å². The van der Waals surface area contributed by atoms with Crippen LogP contribution in [0.15, 0.2) is 16.6 Å². The Kier molecular flexibility index (Phi) is 2.07. The molecule has 0 saturated carbocycles. The van der Waals surface area contributed by atoms with Crippen LogP contribution in [0.4, 0.5) is 4.39 Å². The second-order valence-corrected chi connectivity index (χ2v) is 3.64. The molecule has 1 aliphatic rings. The fourth-order valence-corrected chi connectivity index (χ4v) is 1.84. The van der Waals surface area contributed by atoms with E-state index in [-0.39, 0.29) is 5.78 Å². The third-order valence-corrected chi connectivity index (χ3v) is 2.47. The zero-order valence-corrected chi connectivity index (χ0v) is 8.23. The molecule has 0 unspecified atom stereocenters. The maximum Gasteiger partial charge on any atom is 0.170 e. The van der Waals surface area contributed by atoms with Crippen molar-refractivity contribution in [1.82, 2.24) is 0 Å². The molecule has 2 rings (SSSR count). The van der Waals surface area contributed by atoms with Gasteiger partial charge in [-0.05, 0) is 28.1 Å². The monoisotopic (exact) mass is 244 g/mol. The van der Waals surface area contributed by atoms with Crippen LogP contribution in [0.25, 0.3) is 0 Å². The number of carbonyl (C=O) groups excluding carboxylic acids is 1. The minimum atomic E-state index is -0.426. The van der Waals surface area contributed by atoms with Crippen molar-refractivity contribution in [3.63, 3.8) is 0 Å². The van der Waals surface area contributed by atoms with Gasteiger partial charge in [0.05, 0.1) is 16.6 Å². The fraction of sp³-hybridized carbons (Fsp3) is 0.222. The van der Waals surface area contributed by atoms with Crippen molar-refractivity contribution in [2.24, 2.45) is 0 Å². The average molecular weight is 245 g/mol. The van der Waals surface area contributed by atoms with Crippen molar-refractivity contribution in [3.05, 3.63) is 28.0 Å². The summed E-state index contributed by atoms with van der Waals surface area (Å²) in [5, 5.41) is 0. The van der Waals surface area contributed by atoms with Gasteiger partial charge < -0.3 is 4.74 Å². The summed E-state index contributed by atoms with van der Waals surface area (Å²) in [7, 11) is 0. The molecule has 2 nitrogen and oxygen atoms in total. The maximum absolute atomic E-state index is 12.9. The standard InChI is InChI=1S/C9H6BrFO2/c10-7-4-5(11)3-6-8(12)1-2-13-9(6)7/h3-4H,1-2H2. The van der Waals surface area contributed by atoms with Crippen LogP contribution in [0.3, 0.4) is 0 Å². The smallest absolute Gasteiger partial charge is 0.170 e. The van der Waals surface area contributed by atoms with Crippen molar-refractivity contribution in [2.75, 3.05) is 6.61 Å². The summed E-state index contributed by atoms with van der Waals surface area (Å²) in [5.74, 6) is -0.0384. The zero-order chi connectivity index (χ0) is 9.42. The van der Waals surface area contributed by atoms with Gasteiger partial charge in [0.1, 0.15) is 11.6 Å². The van der Waals surface area contributed by atoms with Crippen molar-refractivity contribution >= 4 is 21.7 Å². The van der Waals surface area contributed by atoms with Crippen LogP contribution in [0.2, 0.25) is 0 Å². The zero-order valence-electron chi connectivity index (χ0n) is 6.64. The number of ether oxygens (including phenoxy) is 1. The van der Waals surface area contributed by atoms with Gasteiger partial charge >= 0.3 is 0 Å². The topological polar surface area (TPSA) is 26.3 Å². The van der Waals surface area contributed by atoms with E-state index in [0.29, 0.717) is 28.8 Å². The molecule has 1 heterocycles. The summed E-state index contributed by atoms with van der Waals surface area (Å²) in [6, 6.07) is 2.50. The second kappa shape index (κ2) is 3.10. The number of benzene rings is 1. The van der Waals surface area contributed by atoms with E-state index in [1.54, 1.807) is 0 Å². The summed E-state index contributed by atoms with van der Waals surface area (Å²) in [6.07, 6.45) is 0.322. The Labute approximate surface area is 82.8 Å². The highest BCUT2D eigenvalue weighted by Gasteiger charge is 2.21. The Balaban J connectivity index is 2.63. The number of hydrogen-bond donors (Lipinski definition) is 0. The van der Waals surface area contributed by atoms with Crippen LogP contribution in [0.5, 0.6) is 5.75 Å². The summed E-state index contributed by atoms with van der Waals surface area (Å²) in [6.45, 7) is 0.371. The highest BCUT2D eigenvalue weighted by Crippen LogP contribution is 2.33. The lowest BCUT2D eigenvalue weighted by Gasteiger charge is -2.17. The van der Waals surface area contributed by atoms with E-state index in [4.69, 9.17) is 4.74 Å². The molecule has 1 aromatic carbocycles. The second-order valence-electron chi connectivity index (χ2n) is 2.79. The predicted molar refractivity (Wildman–Crippen MR) is 48.5 cm³/mol. The molecule has 0 aromatic heterocycles. The third kappa shape index (κ3) is 1.46. The lowest BCUT2D eigenvalue weighted by molar-refractivity contribution is 0.0932. The van der Waals surface area contributed by atoms with E-state index in [2.05, 4.69) is 15.9 Å². The van der Waals surface area contributed by atoms with E-state index < -0.39 is 5.82 Å². The van der Waals surface area contributed by atoms with Gasteiger partial charge in [-0.25, -0.2) is 4.39 Å². The van der Waals surface area contributed by atoms with Gasteiger partial charge in [0, 0.05) is 6.42 Å². The summed E-state index contributed by atoms with van der Waals surface area (Å²) in [5.41, 5.74) is 0.332. The van der Waals surface area contributed by atoms with Crippen LogP contribution in [0, 0.1) is 5.82 Å². The molecule has 0 saturated heterocycles. The molecule has 4 heteroatoms. The molecule has 0 radical (unpaired) electrons. The summed E-state index contributed by atoms with van der Waals surface area (Å²) in [4.78, 5) is 11.3. The average Bonchev–Trinajstić information content (AvgIpc) is 2.07. The first-order chi connectivity index (χ1) is 6.18. The number of hydrogen-bond acceptors (Lipinski definition) is 2. The first-order valence-corrected chi connectivity index (χ1v) is 4.63. The van der Waals surface area contributed by atoms with Crippen LogP contribution in [-0.2, 0) is 0 Å². The Hall–Kier alpha value is -0.900. The molecule has 0 N–H and O–H groups in total. The number of rotatable bonds is 0. The molecule has 0 amide bonds. The highest BCUT2D eigenvalue weighted by molar-refractivity contribution is 9.10. The lowest BCUT2D eigenvalue weighted by atomic mass is 10.1. The highest BCUT2D eigenvalue weighted by atomic mass is 79.9. The van der Waals surface area contributed by atoms with Gasteiger partial charge in [-0.1, -0.05) is 0 Å². The van der Waals surface area contributed by atoms with E-state index in [0.717, 1.165) is 0 Å². The number of Topliss-reactive ketones (excluding diaryl/α,β-unsaturated/α-hetero) is 1. The molecule has 0 spiro atoms. The van der Waals surface area contributed by atoms with Crippen LogP contribution >= 0.6 is 15.9 Å². The number of ketones is 1. The summed E-state index contributed by atoms with van der Waals surface area (Å²) >= 11 is 3.14. The molecule has 0 aliphatic carbocycles. The maximum atomic E-state index is 12.9. The van der Waals surface area contributed by atoms with E-state index in [9.17, 15) is 9.18 Å². The Morgan fingerprint density at radius 1 is 1.46 bits per heavy atom. The molecule has 0 atom stereocenters. The Morgan fingerprint density at radius 2 is 2.23 bits per heavy atom. The van der Waals surface area contributed by atoms with E-state index in [1.807, 2.05) is 0 Å². The molecule has 1 aliphatic heterocycles. The van der Waals surface area contributed by atoms with Crippen LogP contribution in [-0.4, -0.2) is 12.4 Å². The van der Waals surface area contributed by atoms with Crippen LogP contribution in [0.1, 0.15) is 16.8 Å². The summed E-state index contributed by atoms with van der Waals surface area (Å²) < 4.78 is 18.6. The van der Waals surface area contributed by atoms with Gasteiger partial charge in [-0.15, -0.1) is 0 Å². The molecule has 0 bridgehead atoms. The van der Waals surface area contributed by atoms with Crippen molar-refractivity contribution in [3.8, 4) is 5.75 Å². The Bertz CT molecular complexity index is 376. The van der Waals surface area contributed by atoms with Crippen molar-refractivity contribution in [2.45, 2.75) is 6.42 Å². The quantitative estimate of drug-likeness (QED) is 0.702. The van der Waals surface area contributed by atoms with E-state index in [1.165, 1.54) is 12.1 Å².